The molecule has 0 fully saturated rings. The van der Waals surface area contributed by atoms with Crippen LogP contribution in [-0.2, 0) is 11.2 Å². The van der Waals surface area contributed by atoms with Crippen LogP contribution < -0.4 is 5.32 Å². The van der Waals surface area contributed by atoms with Gasteiger partial charge in [0.25, 0.3) is 0 Å². The number of halogens is 3. The average Bonchev–Trinajstić information content (AvgIpc) is 2.17. The number of amides is 1. The predicted molar refractivity (Wildman–Crippen MR) is 50.2 cm³/mol. The summed E-state index contributed by atoms with van der Waals surface area (Å²) in [5.41, 5.74) is 0.713. The standard InChI is InChI=1S/C10H9F3NO/c1-2-7-5-3-4-6-8(7)14-9(15)10(11,12)13/h3-6H,1-2H2,(H,14,15). The third-order valence-corrected chi connectivity index (χ3v) is 1.79. The summed E-state index contributed by atoms with van der Waals surface area (Å²) < 4.78 is 35.8. The van der Waals surface area contributed by atoms with Gasteiger partial charge in [-0.25, -0.2) is 0 Å². The van der Waals surface area contributed by atoms with Crippen LogP contribution in [0.25, 0.3) is 0 Å². The van der Waals surface area contributed by atoms with Crippen LogP contribution in [0, 0.1) is 6.92 Å². The molecule has 2 nitrogen and oxygen atoms in total. The van der Waals surface area contributed by atoms with E-state index in [9.17, 15) is 18.0 Å². The fourth-order valence-corrected chi connectivity index (χ4v) is 1.05. The maximum atomic E-state index is 11.9. The van der Waals surface area contributed by atoms with Gasteiger partial charge in [-0.1, -0.05) is 18.2 Å². The first-order chi connectivity index (χ1) is 6.95. The summed E-state index contributed by atoms with van der Waals surface area (Å²) in [6, 6.07) is 6.23. The van der Waals surface area contributed by atoms with Crippen LogP contribution in [0.2, 0.25) is 0 Å². The molecular formula is C10H9F3NO. The number of alkyl halides is 3. The Morgan fingerprint density at radius 1 is 1.33 bits per heavy atom. The third-order valence-electron chi connectivity index (χ3n) is 1.79. The number of para-hydroxylation sites is 1. The van der Waals surface area contributed by atoms with Crippen molar-refractivity contribution in [1.82, 2.24) is 0 Å². The van der Waals surface area contributed by atoms with Gasteiger partial charge in [0.05, 0.1) is 0 Å². The number of hydrogen-bond donors (Lipinski definition) is 1. The van der Waals surface area contributed by atoms with Crippen LogP contribution in [0.4, 0.5) is 18.9 Å². The first-order valence-corrected chi connectivity index (χ1v) is 4.20. The van der Waals surface area contributed by atoms with E-state index in [1.165, 1.54) is 6.07 Å². The van der Waals surface area contributed by atoms with Gasteiger partial charge in [-0.15, -0.1) is 0 Å². The van der Waals surface area contributed by atoms with Crippen molar-refractivity contribution in [2.45, 2.75) is 12.6 Å². The Morgan fingerprint density at radius 3 is 2.47 bits per heavy atom. The van der Waals surface area contributed by atoms with Gasteiger partial charge >= 0.3 is 12.1 Å². The zero-order valence-electron chi connectivity index (χ0n) is 7.77. The smallest absolute Gasteiger partial charge is 0.318 e. The molecule has 1 radical (unpaired) electrons. The number of rotatable bonds is 2. The number of nitrogens with one attached hydrogen (secondary N) is 1. The summed E-state index contributed by atoms with van der Waals surface area (Å²) in [6.45, 7) is 3.55. The molecule has 1 rings (SSSR count). The molecule has 15 heavy (non-hydrogen) atoms. The van der Waals surface area contributed by atoms with E-state index in [0.29, 0.717) is 12.0 Å². The lowest BCUT2D eigenvalue weighted by Crippen LogP contribution is -2.30. The largest absolute Gasteiger partial charge is 0.471 e. The van der Waals surface area contributed by atoms with Crippen molar-refractivity contribution in [3.63, 3.8) is 0 Å². The minimum Gasteiger partial charge on any atom is -0.318 e. The van der Waals surface area contributed by atoms with Crippen LogP contribution in [0.3, 0.4) is 0 Å². The Morgan fingerprint density at radius 2 is 1.93 bits per heavy atom. The zero-order valence-corrected chi connectivity index (χ0v) is 7.77. The molecule has 5 heteroatoms. The molecule has 0 aliphatic rings. The van der Waals surface area contributed by atoms with Gasteiger partial charge in [0.2, 0.25) is 0 Å². The SMILES string of the molecule is [CH2]Cc1ccccc1NC(=O)C(F)(F)F. The highest BCUT2D eigenvalue weighted by Gasteiger charge is 2.38. The monoisotopic (exact) mass is 216 g/mol. The number of carbonyl (C=O) groups excluding carboxylic acids is 1. The van der Waals surface area contributed by atoms with Crippen molar-refractivity contribution < 1.29 is 18.0 Å². The summed E-state index contributed by atoms with van der Waals surface area (Å²) in [4.78, 5) is 10.6. The molecule has 0 bridgehead atoms. The Labute approximate surface area is 85.1 Å². The van der Waals surface area contributed by atoms with Crippen LogP contribution >= 0.6 is 0 Å². The molecule has 81 valence electrons. The van der Waals surface area contributed by atoms with E-state index >= 15 is 0 Å². The van der Waals surface area contributed by atoms with Crippen LogP contribution in [0.15, 0.2) is 24.3 Å². The minimum absolute atomic E-state index is 0.148. The van der Waals surface area contributed by atoms with Crippen molar-refractivity contribution in [3.05, 3.63) is 36.8 Å². The van der Waals surface area contributed by atoms with Crippen molar-refractivity contribution in [1.29, 1.82) is 0 Å². The molecule has 1 aromatic carbocycles. The van der Waals surface area contributed by atoms with E-state index in [0.717, 1.165) is 0 Å². The van der Waals surface area contributed by atoms with E-state index in [1.54, 1.807) is 23.5 Å². The fourth-order valence-electron chi connectivity index (χ4n) is 1.05. The highest BCUT2D eigenvalue weighted by molar-refractivity contribution is 5.95. The molecule has 0 spiro atoms. The molecule has 0 aliphatic heterocycles. The van der Waals surface area contributed by atoms with Gasteiger partial charge in [-0.3, -0.25) is 4.79 Å². The number of benzene rings is 1. The Hall–Kier alpha value is -1.52. The van der Waals surface area contributed by atoms with Gasteiger partial charge in [-0.2, -0.15) is 13.2 Å². The van der Waals surface area contributed by atoms with Gasteiger partial charge in [0, 0.05) is 5.69 Å². The second-order valence-corrected chi connectivity index (χ2v) is 2.86. The fraction of sp³-hybridized carbons (Fsp3) is 0.200. The summed E-state index contributed by atoms with van der Waals surface area (Å²) in [6.07, 6.45) is -4.55. The molecule has 1 amide bonds. The second-order valence-electron chi connectivity index (χ2n) is 2.86. The van der Waals surface area contributed by atoms with E-state index in [1.807, 2.05) is 0 Å². The number of anilines is 1. The second kappa shape index (κ2) is 4.33. The molecule has 0 aromatic heterocycles. The molecule has 0 unspecified atom stereocenters. The normalized spacial score (nSPS) is 11.2. The molecule has 1 aromatic rings. The number of hydrogen-bond acceptors (Lipinski definition) is 1. The van der Waals surface area contributed by atoms with Crippen molar-refractivity contribution in [3.8, 4) is 0 Å². The Kier molecular flexibility index (Phi) is 3.34. The summed E-state index contributed by atoms with van der Waals surface area (Å²) in [5.74, 6) is -1.97. The van der Waals surface area contributed by atoms with Crippen LogP contribution in [0.5, 0.6) is 0 Å². The first kappa shape index (κ1) is 11.6. The minimum atomic E-state index is -4.87. The lowest BCUT2D eigenvalue weighted by atomic mass is 10.1. The summed E-state index contributed by atoms with van der Waals surface area (Å²) in [7, 11) is 0. The third kappa shape index (κ3) is 2.97. The van der Waals surface area contributed by atoms with E-state index in [4.69, 9.17) is 0 Å². The average molecular weight is 216 g/mol. The predicted octanol–water partition coefficient (Wildman–Crippen LogP) is 2.56. The lowest BCUT2D eigenvalue weighted by molar-refractivity contribution is -0.167. The molecule has 0 heterocycles. The van der Waals surface area contributed by atoms with Crippen LogP contribution in [0.1, 0.15) is 5.56 Å². The molecule has 0 saturated carbocycles. The molecule has 0 saturated heterocycles. The van der Waals surface area contributed by atoms with E-state index in [-0.39, 0.29) is 5.69 Å². The first-order valence-electron chi connectivity index (χ1n) is 4.20. The molecule has 0 atom stereocenters. The zero-order chi connectivity index (χ0) is 11.5. The molecule has 1 N–H and O–H groups in total. The van der Waals surface area contributed by atoms with Gasteiger partial charge in [0.1, 0.15) is 0 Å². The quantitative estimate of drug-likeness (QED) is 0.808. The van der Waals surface area contributed by atoms with Crippen molar-refractivity contribution in [2.75, 3.05) is 5.32 Å². The van der Waals surface area contributed by atoms with Gasteiger partial charge < -0.3 is 5.32 Å². The number of carbonyl (C=O) groups is 1. The van der Waals surface area contributed by atoms with Crippen LogP contribution in [-0.4, -0.2) is 12.1 Å². The lowest BCUT2D eigenvalue weighted by Gasteiger charge is -2.10. The molecular weight excluding hydrogens is 207 g/mol. The summed E-state index contributed by atoms with van der Waals surface area (Å²) >= 11 is 0. The maximum Gasteiger partial charge on any atom is 0.471 e. The maximum absolute atomic E-state index is 11.9. The van der Waals surface area contributed by atoms with Gasteiger partial charge in [-0.05, 0) is 25.0 Å². The highest BCUT2D eigenvalue weighted by atomic mass is 19.4. The van der Waals surface area contributed by atoms with E-state index < -0.39 is 12.1 Å². The Balaban J connectivity index is 2.85. The van der Waals surface area contributed by atoms with E-state index in [2.05, 4.69) is 6.92 Å². The van der Waals surface area contributed by atoms with Crippen molar-refractivity contribution in [2.24, 2.45) is 0 Å². The topological polar surface area (TPSA) is 29.1 Å². The molecule has 0 aliphatic carbocycles. The van der Waals surface area contributed by atoms with Crippen molar-refractivity contribution >= 4 is 11.6 Å². The Bertz CT molecular complexity index is 360. The summed E-state index contributed by atoms with van der Waals surface area (Å²) in [5, 5.41) is 1.80. The van der Waals surface area contributed by atoms with Gasteiger partial charge in [0.15, 0.2) is 0 Å². The highest BCUT2D eigenvalue weighted by Crippen LogP contribution is 2.20.